The summed E-state index contributed by atoms with van der Waals surface area (Å²) in [5, 5.41) is 12.6. The average Bonchev–Trinajstić information content (AvgIpc) is 2.85. The fourth-order valence-electron chi connectivity index (χ4n) is 5.50. The smallest absolute Gasteiger partial charge is 0.407 e. The highest BCUT2D eigenvalue weighted by atomic mass is 16.4. The zero-order valence-corrected chi connectivity index (χ0v) is 16.9. The molecular formula is C22H31N3O3. The highest BCUT2D eigenvalue weighted by Crippen LogP contribution is 2.48. The van der Waals surface area contributed by atoms with Crippen LogP contribution in [0.4, 0.5) is 10.5 Å². The number of aryl methyl sites for hydroxylation is 1. The fourth-order valence-corrected chi connectivity index (χ4v) is 5.50. The van der Waals surface area contributed by atoms with E-state index in [9.17, 15) is 14.7 Å². The van der Waals surface area contributed by atoms with Gasteiger partial charge in [0.15, 0.2) is 0 Å². The summed E-state index contributed by atoms with van der Waals surface area (Å²) < 4.78 is 0. The Balaban J connectivity index is 1.48. The summed E-state index contributed by atoms with van der Waals surface area (Å²) >= 11 is 0. The third-order valence-electron chi connectivity index (χ3n) is 7.15. The van der Waals surface area contributed by atoms with E-state index < -0.39 is 6.09 Å². The fraction of sp³-hybridized carbons (Fsp3) is 0.636. The van der Waals surface area contributed by atoms with Gasteiger partial charge in [-0.15, -0.1) is 0 Å². The second-order valence-corrected chi connectivity index (χ2v) is 8.70. The minimum Gasteiger partial charge on any atom is -0.465 e. The molecule has 1 saturated heterocycles. The van der Waals surface area contributed by atoms with Crippen LogP contribution in [0.5, 0.6) is 0 Å². The molecule has 1 atom stereocenters. The van der Waals surface area contributed by atoms with E-state index in [0.29, 0.717) is 12.6 Å². The van der Waals surface area contributed by atoms with E-state index in [4.69, 9.17) is 0 Å². The average molecular weight is 386 g/mol. The molecule has 0 radical (unpaired) electrons. The van der Waals surface area contributed by atoms with Crippen molar-refractivity contribution in [3.63, 3.8) is 0 Å². The molecule has 6 heteroatoms. The van der Waals surface area contributed by atoms with Crippen molar-refractivity contribution in [2.75, 3.05) is 25.0 Å². The second-order valence-electron chi connectivity index (χ2n) is 8.70. The Bertz CT molecular complexity index is 770. The van der Waals surface area contributed by atoms with Crippen molar-refractivity contribution in [2.45, 2.75) is 69.9 Å². The number of hydrogen-bond donors (Lipinski definition) is 2. The van der Waals surface area contributed by atoms with Gasteiger partial charge in [-0.2, -0.15) is 0 Å². The van der Waals surface area contributed by atoms with Gasteiger partial charge in [-0.05, 0) is 57.1 Å². The van der Waals surface area contributed by atoms with E-state index in [1.54, 1.807) is 4.90 Å². The van der Waals surface area contributed by atoms with Crippen molar-refractivity contribution in [3.8, 4) is 0 Å². The van der Waals surface area contributed by atoms with Crippen LogP contribution in [0.15, 0.2) is 18.2 Å². The third-order valence-corrected chi connectivity index (χ3v) is 7.15. The van der Waals surface area contributed by atoms with E-state index in [0.717, 1.165) is 57.3 Å². The Hall–Kier alpha value is -2.08. The van der Waals surface area contributed by atoms with Gasteiger partial charge in [-0.3, -0.25) is 9.69 Å². The van der Waals surface area contributed by atoms with Gasteiger partial charge >= 0.3 is 6.09 Å². The number of nitrogens with one attached hydrogen (secondary N) is 1. The number of carbonyl (C=O) groups is 2. The minimum atomic E-state index is -0.800. The number of carbonyl (C=O) groups excluding carboxylic acids is 1. The van der Waals surface area contributed by atoms with Crippen molar-refractivity contribution in [3.05, 3.63) is 29.3 Å². The number of benzene rings is 1. The maximum Gasteiger partial charge on any atom is 0.407 e. The maximum atomic E-state index is 12.9. The standard InChI is InChI=1S/C22H31N3O3/c1-3-16-14-24(11-4-12-25(16)21(27)28)17-7-9-22(10-8-17)18-13-15(2)5-6-19(18)23-20(22)26/h5-6,13,16-17H,3-4,7-12,14H2,1-2H3,(H,23,26)(H,27,28). The molecule has 2 aliphatic heterocycles. The van der Waals surface area contributed by atoms with Crippen molar-refractivity contribution >= 4 is 17.7 Å². The monoisotopic (exact) mass is 385 g/mol. The van der Waals surface area contributed by atoms with Crippen LogP contribution in [0.3, 0.4) is 0 Å². The Morgan fingerprint density at radius 3 is 2.71 bits per heavy atom. The molecule has 152 valence electrons. The molecule has 1 unspecified atom stereocenters. The summed E-state index contributed by atoms with van der Waals surface area (Å²) in [6.45, 7) is 6.53. The number of carboxylic acid groups (broad SMARTS) is 1. The Morgan fingerprint density at radius 1 is 1.29 bits per heavy atom. The van der Waals surface area contributed by atoms with Gasteiger partial charge in [0.25, 0.3) is 0 Å². The molecule has 1 aromatic carbocycles. The minimum absolute atomic E-state index is 0.0639. The number of anilines is 1. The molecule has 0 bridgehead atoms. The lowest BCUT2D eigenvalue weighted by molar-refractivity contribution is -0.122. The molecule has 4 rings (SSSR count). The zero-order chi connectivity index (χ0) is 19.9. The lowest BCUT2D eigenvalue weighted by Crippen LogP contribution is -2.49. The highest BCUT2D eigenvalue weighted by Gasteiger charge is 2.49. The number of rotatable bonds is 2. The van der Waals surface area contributed by atoms with Gasteiger partial charge in [-0.1, -0.05) is 24.6 Å². The van der Waals surface area contributed by atoms with Crippen LogP contribution in [0.2, 0.25) is 0 Å². The number of fused-ring (bicyclic) bond motifs is 2. The Morgan fingerprint density at radius 2 is 2.04 bits per heavy atom. The van der Waals surface area contributed by atoms with Gasteiger partial charge in [0, 0.05) is 37.4 Å². The highest BCUT2D eigenvalue weighted by molar-refractivity contribution is 6.06. The van der Waals surface area contributed by atoms with E-state index in [2.05, 4.69) is 36.2 Å². The van der Waals surface area contributed by atoms with E-state index in [1.165, 1.54) is 11.1 Å². The molecule has 2 heterocycles. The molecule has 1 aromatic rings. The lowest BCUT2D eigenvalue weighted by atomic mass is 9.68. The molecule has 2 N–H and O–H groups in total. The van der Waals surface area contributed by atoms with Gasteiger partial charge in [-0.25, -0.2) is 4.79 Å². The third kappa shape index (κ3) is 3.17. The molecule has 6 nitrogen and oxygen atoms in total. The summed E-state index contributed by atoms with van der Waals surface area (Å²) in [5.41, 5.74) is 2.98. The van der Waals surface area contributed by atoms with Crippen molar-refractivity contribution < 1.29 is 14.7 Å². The SMILES string of the molecule is CCC1CN(C2CCC3(CC2)C(=O)Nc2ccc(C)cc23)CCCN1C(=O)O. The molecule has 1 saturated carbocycles. The van der Waals surface area contributed by atoms with Crippen molar-refractivity contribution in [1.29, 1.82) is 0 Å². The predicted octanol–water partition coefficient (Wildman–Crippen LogP) is 3.59. The van der Waals surface area contributed by atoms with E-state index >= 15 is 0 Å². The van der Waals surface area contributed by atoms with Crippen molar-refractivity contribution in [1.82, 2.24) is 9.80 Å². The molecule has 2 amide bonds. The first kappa shape index (κ1) is 19.2. The maximum absolute atomic E-state index is 12.9. The first-order chi connectivity index (χ1) is 13.4. The van der Waals surface area contributed by atoms with Crippen LogP contribution < -0.4 is 5.32 Å². The zero-order valence-electron chi connectivity index (χ0n) is 16.9. The quantitative estimate of drug-likeness (QED) is 0.816. The van der Waals surface area contributed by atoms with Crippen LogP contribution in [0.1, 0.15) is 56.6 Å². The van der Waals surface area contributed by atoms with Gasteiger partial charge in [0.1, 0.15) is 0 Å². The van der Waals surface area contributed by atoms with Gasteiger partial charge in [0.05, 0.1) is 5.41 Å². The van der Waals surface area contributed by atoms with Gasteiger partial charge < -0.3 is 15.3 Å². The Labute approximate surface area is 166 Å². The first-order valence-electron chi connectivity index (χ1n) is 10.6. The van der Waals surface area contributed by atoms with Gasteiger partial charge in [0.2, 0.25) is 5.91 Å². The molecular weight excluding hydrogens is 354 g/mol. The van der Waals surface area contributed by atoms with Crippen LogP contribution in [-0.4, -0.2) is 58.6 Å². The summed E-state index contributed by atoms with van der Waals surface area (Å²) in [4.78, 5) is 28.6. The number of nitrogens with zero attached hydrogens (tertiary/aromatic N) is 2. The summed E-state index contributed by atoms with van der Waals surface area (Å²) in [6.07, 6.45) is 4.65. The number of amides is 2. The van der Waals surface area contributed by atoms with Crippen LogP contribution in [0, 0.1) is 6.92 Å². The summed E-state index contributed by atoms with van der Waals surface area (Å²) in [6, 6.07) is 6.77. The predicted molar refractivity (Wildman–Crippen MR) is 109 cm³/mol. The topological polar surface area (TPSA) is 72.9 Å². The van der Waals surface area contributed by atoms with E-state index in [1.807, 2.05) is 6.07 Å². The normalized spacial score (nSPS) is 30.8. The largest absolute Gasteiger partial charge is 0.465 e. The van der Waals surface area contributed by atoms with Crippen LogP contribution in [0.25, 0.3) is 0 Å². The van der Waals surface area contributed by atoms with E-state index in [-0.39, 0.29) is 17.4 Å². The number of hydrogen-bond acceptors (Lipinski definition) is 3. The molecule has 1 aliphatic carbocycles. The molecule has 28 heavy (non-hydrogen) atoms. The second kappa shape index (κ2) is 7.39. The molecule has 1 spiro atoms. The lowest BCUT2D eigenvalue weighted by Gasteiger charge is -2.41. The van der Waals surface area contributed by atoms with Crippen LogP contribution in [-0.2, 0) is 10.2 Å². The molecule has 3 aliphatic rings. The summed E-state index contributed by atoms with van der Waals surface area (Å²) in [7, 11) is 0. The molecule has 2 fully saturated rings. The molecule has 0 aromatic heterocycles. The Kier molecular flexibility index (Phi) is 5.08. The van der Waals surface area contributed by atoms with Crippen molar-refractivity contribution in [2.24, 2.45) is 0 Å². The van der Waals surface area contributed by atoms with Crippen LogP contribution >= 0.6 is 0 Å². The first-order valence-corrected chi connectivity index (χ1v) is 10.6. The summed E-state index contributed by atoms with van der Waals surface area (Å²) in [5.74, 6) is 0.158.